The molecule has 2 aromatic rings. The Labute approximate surface area is 193 Å². The Kier molecular flexibility index (Phi) is 7.67. The quantitative estimate of drug-likeness (QED) is 0.556. The van der Waals surface area contributed by atoms with Crippen molar-refractivity contribution >= 4 is 17.2 Å². The first kappa shape index (κ1) is 23.0. The Morgan fingerprint density at radius 3 is 2.75 bits per heavy atom. The summed E-state index contributed by atoms with van der Waals surface area (Å²) in [6, 6.07) is 9.90. The highest BCUT2D eigenvalue weighted by molar-refractivity contribution is 7.10. The first-order valence-corrected chi connectivity index (χ1v) is 12.0. The Bertz CT molecular complexity index is 900. The van der Waals surface area contributed by atoms with E-state index >= 15 is 0 Å². The monoisotopic (exact) mass is 460 g/mol. The number of benzene rings is 1. The van der Waals surface area contributed by atoms with Crippen LogP contribution < -0.4 is 9.47 Å². The number of carbonyl (C=O) groups excluding carboxylic acids is 1. The zero-order chi connectivity index (χ0) is 22.5. The van der Waals surface area contributed by atoms with Gasteiger partial charge in [0.2, 0.25) is 5.91 Å². The summed E-state index contributed by atoms with van der Waals surface area (Å²) in [4.78, 5) is 18.8. The summed E-state index contributed by atoms with van der Waals surface area (Å²) in [7, 11) is 3.20. The maximum atomic E-state index is 13.5. The largest absolute Gasteiger partial charge is 0.493 e. The molecule has 8 heteroatoms. The number of para-hydroxylation sites is 2. The minimum absolute atomic E-state index is 0.0759. The smallest absolute Gasteiger partial charge is 0.237 e. The van der Waals surface area contributed by atoms with Gasteiger partial charge in [-0.25, -0.2) is 0 Å². The fourth-order valence-corrected chi connectivity index (χ4v) is 5.27. The lowest BCUT2D eigenvalue weighted by molar-refractivity contribution is -0.136. The van der Waals surface area contributed by atoms with Crippen LogP contribution in [0.3, 0.4) is 0 Å². The Hall–Kier alpha value is -2.13. The highest BCUT2D eigenvalue weighted by Gasteiger charge is 2.36. The van der Waals surface area contributed by atoms with E-state index in [4.69, 9.17) is 14.2 Å². The summed E-state index contributed by atoms with van der Waals surface area (Å²) in [5.74, 6) is 1.43. The summed E-state index contributed by atoms with van der Waals surface area (Å²) in [5, 5.41) is 12.3. The number of methoxy groups -OCH3 is 2. The zero-order valence-electron chi connectivity index (χ0n) is 18.7. The van der Waals surface area contributed by atoms with Gasteiger partial charge in [-0.3, -0.25) is 9.69 Å². The molecule has 2 aliphatic rings. The minimum Gasteiger partial charge on any atom is -0.493 e. The Balaban J connectivity index is 1.47. The van der Waals surface area contributed by atoms with Gasteiger partial charge in [0, 0.05) is 31.1 Å². The molecule has 1 aliphatic carbocycles. The molecule has 1 fully saturated rings. The van der Waals surface area contributed by atoms with Crippen LogP contribution in [0.5, 0.6) is 11.5 Å². The molecule has 0 unspecified atom stereocenters. The number of carbonyl (C=O) groups is 1. The SMILES string of the molecule is COC[C@@H](O)CN(CC(=O)N1CCc2sccc2[C@@H]1COc1ccccc1OC)C1CC1. The van der Waals surface area contributed by atoms with Crippen molar-refractivity contribution in [2.24, 2.45) is 0 Å². The number of aliphatic hydroxyl groups excluding tert-OH is 1. The molecule has 0 bridgehead atoms. The molecule has 2 heterocycles. The van der Waals surface area contributed by atoms with Crippen molar-refractivity contribution in [1.82, 2.24) is 9.80 Å². The van der Waals surface area contributed by atoms with Gasteiger partial charge in [0.1, 0.15) is 6.61 Å². The molecular weight excluding hydrogens is 428 g/mol. The maximum absolute atomic E-state index is 13.5. The number of hydrogen-bond donors (Lipinski definition) is 1. The van der Waals surface area contributed by atoms with Crippen LogP contribution in [0.15, 0.2) is 35.7 Å². The van der Waals surface area contributed by atoms with Crippen LogP contribution in [0.1, 0.15) is 29.3 Å². The van der Waals surface area contributed by atoms with Crippen molar-refractivity contribution in [3.8, 4) is 11.5 Å². The van der Waals surface area contributed by atoms with Crippen LogP contribution in [0, 0.1) is 0 Å². The van der Waals surface area contributed by atoms with Gasteiger partial charge in [-0.15, -0.1) is 11.3 Å². The number of nitrogens with zero attached hydrogens (tertiary/aromatic N) is 2. The molecule has 1 aromatic carbocycles. The molecule has 174 valence electrons. The van der Waals surface area contributed by atoms with Gasteiger partial charge in [0.25, 0.3) is 0 Å². The van der Waals surface area contributed by atoms with Crippen molar-refractivity contribution in [3.05, 3.63) is 46.2 Å². The Morgan fingerprint density at radius 1 is 1.25 bits per heavy atom. The summed E-state index contributed by atoms with van der Waals surface area (Å²) in [6.07, 6.45) is 2.41. The van der Waals surface area contributed by atoms with E-state index in [9.17, 15) is 9.90 Å². The predicted octanol–water partition coefficient (Wildman–Crippen LogP) is 2.73. The van der Waals surface area contributed by atoms with E-state index in [1.165, 1.54) is 10.4 Å². The maximum Gasteiger partial charge on any atom is 0.237 e. The lowest BCUT2D eigenvalue weighted by Crippen LogP contribution is -2.48. The van der Waals surface area contributed by atoms with Gasteiger partial charge in [-0.05, 0) is 48.4 Å². The summed E-state index contributed by atoms with van der Waals surface area (Å²) >= 11 is 1.74. The number of fused-ring (bicyclic) bond motifs is 1. The molecule has 0 saturated heterocycles. The number of aliphatic hydroxyl groups is 1. The lowest BCUT2D eigenvalue weighted by atomic mass is 10.0. The van der Waals surface area contributed by atoms with Crippen LogP contribution in [0.4, 0.5) is 0 Å². The number of thiophene rings is 1. The van der Waals surface area contributed by atoms with E-state index in [1.54, 1.807) is 25.6 Å². The zero-order valence-corrected chi connectivity index (χ0v) is 19.6. The molecule has 4 rings (SSSR count). The molecule has 1 amide bonds. The van der Waals surface area contributed by atoms with Gasteiger partial charge in [0.05, 0.1) is 32.4 Å². The summed E-state index contributed by atoms with van der Waals surface area (Å²) in [6.45, 7) is 2.06. The second-order valence-corrected chi connectivity index (χ2v) is 9.38. The average Bonchev–Trinajstić information content (AvgIpc) is 3.54. The first-order chi connectivity index (χ1) is 15.6. The average molecular weight is 461 g/mol. The fourth-order valence-electron chi connectivity index (χ4n) is 4.34. The van der Waals surface area contributed by atoms with Gasteiger partial charge in [-0.1, -0.05) is 12.1 Å². The van der Waals surface area contributed by atoms with E-state index in [1.807, 2.05) is 29.2 Å². The molecular formula is C24H32N2O5S. The number of rotatable bonds is 11. The van der Waals surface area contributed by atoms with Gasteiger partial charge in [-0.2, -0.15) is 0 Å². The topological polar surface area (TPSA) is 71.5 Å². The number of amides is 1. The molecule has 1 aromatic heterocycles. The second-order valence-electron chi connectivity index (χ2n) is 8.38. The van der Waals surface area contributed by atoms with Crippen LogP contribution in [-0.4, -0.2) is 80.0 Å². The van der Waals surface area contributed by atoms with Crippen LogP contribution in [-0.2, 0) is 16.0 Å². The van der Waals surface area contributed by atoms with Crippen molar-refractivity contribution in [1.29, 1.82) is 0 Å². The van der Waals surface area contributed by atoms with Crippen molar-refractivity contribution in [2.75, 3.05) is 47.1 Å². The van der Waals surface area contributed by atoms with Crippen molar-refractivity contribution in [2.45, 2.75) is 37.5 Å². The van der Waals surface area contributed by atoms with E-state index < -0.39 is 6.10 Å². The highest BCUT2D eigenvalue weighted by Crippen LogP contribution is 2.36. The standard InChI is InChI=1S/C24H32N2O5S/c1-29-15-18(27)13-25(17-7-8-17)14-24(28)26-11-9-23-19(10-12-32-23)20(26)16-31-22-6-4-3-5-21(22)30-2/h3-6,10,12,17-18,20,27H,7-9,11,13-16H2,1-2H3/t18-,20-/m0/s1. The van der Waals surface area contributed by atoms with Crippen molar-refractivity contribution in [3.63, 3.8) is 0 Å². The van der Waals surface area contributed by atoms with Crippen LogP contribution in [0.2, 0.25) is 0 Å². The fraction of sp³-hybridized carbons (Fsp3) is 0.542. The summed E-state index contributed by atoms with van der Waals surface area (Å²) < 4.78 is 16.6. The third-order valence-electron chi connectivity index (χ3n) is 6.09. The van der Waals surface area contributed by atoms with E-state index in [2.05, 4.69) is 16.3 Å². The Morgan fingerprint density at radius 2 is 2.03 bits per heavy atom. The van der Waals surface area contributed by atoms with Crippen LogP contribution >= 0.6 is 11.3 Å². The number of hydrogen-bond acceptors (Lipinski definition) is 7. The lowest BCUT2D eigenvalue weighted by Gasteiger charge is -2.37. The number of ether oxygens (including phenoxy) is 3. The predicted molar refractivity (Wildman–Crippen MR) is 123 cm³/mol. The molecule has 1 aliphatic heterocycles. The first-order valence-electron chi connectivity index (χ1n) is 11.1. The minimum atomic E-state index is -0.595. The van der Waals surface area contributed by atoms with E-state index in [-0.39, 0.29) is 18.6 Å². The molecule has 2 atom stereocenters. The van der Waals surface area contributed by atoms with Gasteiger partial charge < -0.3 is 24.2 Å². The van der Waals surface area contributed by atoms with Crippen LogP contribution in [0.25, 0.3) is 0 Å². The third kappa shape index (κ3) is 5.43. The summed E-state index contributed by atoms with van der Waals surface area (Å²) in [5.41, 5.74) is 1.17. The third-order valence-corrected chi connectivity index (χ3v) is 7.08. The highest BCUT2D eigenvalue weighted by atomic mass is 32.1. The van der Waals surface area contributed by atoms with E-state index in [0.29, 0.717) is 43.8 Å². The molecule has 1 saturated carbocycles. The van der Waals surface area contributed by atoms with E-state index in [0.717, 1.165) is 19.3 Å². The molecule has 7 nitrogen and oxygen atoms in total. The van der Waals surface area contributed by atoms with Gasteiger partial charge in [0.15, 0.2) is 11.5 Å². The normalized spacial score (nSPS) is 19.0. The molecule has 0 radical (unpaired) electrons. The molecule has 32 heavy (non-hydrogen) atoms. The molecule has 1 N–H and O–H groups in total. The second kappa shape index (κ2) is 10.7. The van der Waals surface area contributed by atoms with Crippen molar-refractivity contribution < 1.29 is 24.1 Å². The molecule has 0 spiro atoms. The van der Waals surface area contributed by atoms with Gasteiger partial charge >= 0.3 is 0 Å².